The van der Waals surface area contributed by atoms with Gasteiger partial charge in [-0.2, -0.15) is 0 Å². The van der Waals surface area contributed by atoms with Gasteiger partial charge in [0.1, 0.15) is 0 Å². The number of carboxylic acid groups (broad SMARTS) is 1. The number of methoxy groups -OCH3 is 2. The molecule has 2 aromatic heterocycles. The maximum atomic E-state index is 13.5. The van der Waals surface area contributed by atoms with E-state index in [9.17, 15) is 24.3 Å². The number of piperazine rings is 1. The van der Waals surface area contributed by atoms with Crippen molar-refractivity contribution in [3.05, 3.63) is 108 Å². The van der Waals surface area contributed by atoms with Gasteiger partial charge in [0.05, 0.1) is 43.6 Å². The van der Waals surface area contributed by atoms with Gasteiger partial charge in [-0.1, -0.05) is 6.07 Å². The largest absolute Gasteiger partial charge is 0.493 e. The lowest BCUT2D eigenvalue weighted by Gasteiger charge is -2.37. The standard InChI is InChI=1S/C34H34N6O7/c1-46-29-10-8-23(18-30(29)47-2)33(44)38-27-17-22(32(43)37-26(19-31(41)42)24-5-3-11-35-20-24)7-9-28(27)39-13-15-40(16-14-39)34(45)25-6-4-12-36-21-25/h3-12,17-18,20-21,26H,13-16,19H2,1-2H3,(H,37,43)(H,38,44)(H,41,42). The second-order valence-corrected chi connectivity index (χ2v) is 10.7. The number of hydrogen-bond acceptors (Lipinski definition) is 9. The first-order valence-electron chi connectivity index (χ1n) is 14.8. The molecule has 1 saturated heterocycles. The molecule has 0 aliphatic carbocycles. The average molecular weight is 639 g/mol. The number of anilines is 2. The number of pyridine rings is 2. The van der Waals surface area contributed by atoms with Gasteiger partial charge in [-0.05, 0) is 60.2 Å². The SMILES string of the molecule is COc1ccc(C(=O)Nc2cc(C(=O)NC(CC(=O)O)c3cccnc3)ccc2N2CCN(C(=O)c3cccnc3)CC2)cc1OC. The van der Waals surface area contributed by atoms with Crippen molar-refractivity contribution in [2.24, 2.45) is 0 Å². The van der Waals surface area contributed by atoms with Gasteiger partial charge in [-0.3, -0.25) is 29.1 Å². The van der Waals surface area contributed by atoms with Gasteiger partial charge in [-0.25, -0.2) is 0 Å². The molecule has 0 bridgehead atoms. The van der Waals surface area contributed by atoms with Crippen LogP contribution in [0.2, 0.25) is 0 Å². The van der Waals surface area contributed by atoms with Crippen LogP contribution in [0.4, 0.5) is 11.4 Å². The summed E-state index contributed by atoms with van der Waals surface area (Å²) in [5.41, 5.74) is 2.57. The first-order chi connectivity index (χ1) is 22.8. The number of hydrogen-bond donors (Lipinski definition) is 3. The molecule has 4 aromatic rings. The van der Waals surface area contributed by atoms with Crippen molar-refractivity contribution < 1.29 is 33.8 Å². The van der Waals surface area contributed by atoms with Crippen molar-refractivity contribution in [3.63, 3.8) is 0 Å². The maximum absolute atomic E-state index is 13.5. The summed E-state index contributed by atoms with van der Waals surface area (Å²) in [6, 6.07) is 15.6. The summed E-state index contributed by atoms with van der Waals surface area (Å²) in [4.78, 5) is 63.5. The maximum Gasteiger partial charge on any atom is 0.305 e. The van der Waals surface area contributed by atoms with Crippen molar-refractivity contribution in [1.29, 1.82) is 0 Å². The highest BCUT2D eigenvalue weighted by molar-refractivity contribution is 6.07. The van der Waals surface area contributed by atoms with E-state index in [0.29, 0.717) is 65.7 Å². The van der Waals surface area contributed by atoms with E-state index in [0.717, 1.165) is 0 Å². The van der Waals surface area contributed by atoms with E-state index < -0.39 is 23.8 Å². The van der Waals surface area contributed by atoms with Gasteiger partial charge in [0, 0.05) is 62.1 Å². The Bertz CT molecular complexity index is 1740. The van der Waals surface area contributed by atoms with Gasteiger partial charge in [0.25, 0.3) is 17.7 Å². The van der Waals surface area contributed by atoms with Crippen LogP contribution in [0.25, 0.3) is 0 Å². The van der Waals surface area contributed by atoms with Gasteiger partial charge in [0.15, 0.2) is 11.5 Å². The van der Waals surface area contributed by atoms with Crippen molar-refractivity contribution in [2.45, 2.75) is 12.5 Å². The van der Waals surface area contributed by atoms with Gasteiger partial charge in [0.2, 0.25) is 0 Å². The minimum Gasteiger partial charge on any atom is -0.493 e. The van der Waals surface area contributed by atoms with E-state index in [1.807, 2.05) is 4.90 Å². The molecule has 1 aliphatic heterocycles. The number of carboxylic acids is 1. The number of nitrogens with zero attached hydrogens (tertiary/aromatic N) is 4. The monoisotopic (exact) mass is 638 g/mol. The van der Waals surface area contributed by atoms with Crippen molar-refractivity contribution in [3.8, 4) is 11.5 Å². The number of rotatable bonds is 11. The molecule has 1 aliphatic rings. The number of benzene rings is 2. The molecule has 3 N–H and O–H groups in total. The molecule has 2 aromatic carbocycles. The van der Waals surface area contributed by atoms with Crippen LogP contribution >= 0.6 is 0 Å². The molecule has 3 heterocycles. The van der Waals surface area contributed by atoms with E-state index in [2.05, 4.69) is 20.6 Å². The fourth-order valence-corrected chi connectivity index (χ4v) is 5.30. The fraction of sp³-hybridized carbons (Fsp3) is 0.235. The number of aliphatic carboxylic acids is 1. The molecule has 0 saturated carbocycles. The summed E-state index contributed by atoms with van der Waals surface area (Å²) in [6.07, 6.45) is 5.87. The Morgan fingerprint density at radius 3 is 2.13 bits per heavy atom. The molecule has 0 spiro atoms. The van der Waals surface area contributed by atoms with Crippen molar-refractivity contribution >= 4 is 35.1 Å². The Hall–Kier alpha value is -5.98. The summed E-state index contributed by atoms with van der Waals surface area (Å²) in [5, 5.41) is 15.2. The lowest BCUT2D eigenvalue weighted by molar-refractivity contribution is -0.137. The van der Waals surface area contributed by atoms with Crippen LogP contribution in [0, 0.1) is 0 Å². The van der Waals surface area contributed by atoms with Crippen LogP contribution in [0.15, 0.2) is 85.5 Å². The Kier molecular flexibility index (Phi) is 10.3. The van der Waals surface area contributed by atoms with E-state index in [1.54, 1.807) is 78.0 Å². The first-order valence-corrected chi connectivity index (χ1v) is 14.8. The summed E-state index contributed by atoms with van der Waals surface area (Å²) in [7, 11) is 2.97. The third-order valence-corrected chi connectivity index (χ3v) is 7.74. The van der Waals surface area contributed by atoms with Crippen LogP contribution in [-0.4, -0.2) is 84.1 Å². The zero-order valence-corrected chi connectivity index (χ0v) is 25.9. The normalized spacial score (nSPS) is 13.3. The highest BCUT2D eigenvalue weighted by Crippen LogP contribution is 2.32. The highest BCUT2D eigenvalue weighted by atomic mass is 16.5. The van der Waals surface area contributed by atoms with Crippen LogP contribution in [0.1, 0.15) is 49.1 Å². The summed E-state index contributed by atoms with van der Waals surface area (Å²) >= 11 is 0. The second kappa shape index (κ2) is 14.9. The lowest BCUT2D eigenvalue weighted by atomic mass is 10.0. The fourth-order valence-electron chi connectivity index (χ4n) is 5.30. The average Bonchev–Trinajstić information content (AvgIpc) is 3.11. The minimum absolute atomic E-state index is 0.115. The number of carbonyl (C=O) groups excluding carboxylic acids is 3. The zero-order chi connectivity index (χ0) is 33.3. The van der Waals surface area contributed by atoms with Gasteiger partial charge >= 0.3 is 5.97 Å². The molecular formula is C34H34N6O7. The number of aromatic nitrogens is 2. The Morgan fingerprint density at radius 1 is 0.809 bits per heavy atom. The first kappa shape index (κ1) is 32.4. The predicted octanol–water partition coefficient (Wildman–Crippen LogP) is 3.65. The van der Waals surface area contributed by atoms with E-state index in [-0.39, 0.29) is 17.9 Å². The van der Waals surface area contributed by atoms with E-state index in [1.165, 1.54) is 26.6 Å². The lowest BCUT2D eigenvalue weighted by Crippen LogP contribution is -2.49. The number of carbonyl (C=O) groups is 4. The number of ether oxygens (including phenoxy) is 2. The van der Waals surface area contributed by atoms with Crippen LogP contribution < -0.4 is 25.0 Å². The smallest absolute Gasteiger partial charge is 0.305 e. The molecule has 13 nitrogen and oxygen atoms in total. The molecule has 242 valence electrons. The minimum atomic E-state index is -1.08. The Morgan fingerprint density at radius 2 is 1.49 bits per heavy atom. The molecule has 13 heteroatoms. The topological polar surface area (TPSA) is 163 Å². The van der Waals surface area contributed by atoms with Crippen molar-refractivity contribution in [1.82, 2.24) is 20.2 Å². The third kappa shape index (κ3) is 7.82. The van der Waals surface area contributed by atoms with E-state index >= 15 is 0 Å². The van der Waals surface area contributed by atoms with Crippen molar-refractivity contribution in [2.75, 3.05) is 50.6 Å². The van der Waals surface area contributed by atoms with Crippen LogP contribution in [-0.2, 0) is 4.79 Å². The molecule has 1 atom stereocenters. The zero-order valence-electron chi connectivity index (χ0n) is 25.9. The molecule has 0 radical (unpaired) electrons. The van der Waals surface area contributed by atoms with Gasteiger partial charge in [-0.15, -0.1) is 0 Å². The Balaban J connectivity index is 1.41. The summed E-state index contributed by atoms with van der Waals surface area (Å²) < 4.78 is 10.7. The molecule has 1 fully saturated rings. The third-order valence-electron chi connectivity index (χ3n) is 7.74. The molecule has 5 rings (SSSR count). The molecule has 1 unspecified atom stereocenters. The molecule has 3 amide bonds. The number of amides is 3. The molecular weight excluding hydrogens is 604 g/mol. The molecule has 47 heavy (non-hydrogen) atoms. The highest BCUT2D eigenvalue weighted by Gasteiger charge is 2.26. The Labute approximate surface area is 271 Å². The predicted molar refractivity (Wildman–Crippen MR) is 173 cm³/mol. The summed E-state index contributed by atoms with van der Waals surface area (Å²) in [6.45, 7) is 1.80. The summed E-state index contributed by atoms with van der Waals surface area (Å²) in [5.74, 6) is -1.33. The van der Waals surface area contributed by atoms with Gasteiger partial charge < -0.3 is 35.0 Å². The van der Waals surface area contributed by atoms with Crippen LogP contribution in [0.5, 0.6) is 11.5 Å². The second-order valence-electron chi connectivity index (χ2n) is 10.7. The number of nitrogens with one attached hydrogen (secondary N) is 2. The van der Waals surface area contributed by atoms with E-state index in [4.69, 9.17) is 9.47 Å². The quantitative estimate of drug-likeness (QED) is 0.221. The van der Waals surface area contributed by atoms with Crippen LogP contribution in [0.3, 0.4) is 0 Å².